The van der Waals surface area contributed by atoms with Crippen molar-refractivity contribution >= 4 is 111 Å². The van der Waals surface area contributed by atoms with Gasteiger partial charge in [0.15, 0.2) is 0 Å². The van der Waals surface area contributed by atoms with Gasteiger partial charge in [0, 0.05) is 27.7 Å². The van der Waals surface area contributed by atoms with Crippen LogP contribution in [0, 0.1) is 0 Å². The molecule has 0 aliphatic carbocycles. The molecule has 0 N–H and O–H groups in total. The number of esters is 2. The first kappa shape index (κ1) is 23.5. The Kier molecular flexibility index (Phi) is 9.45. The molecule has 0 spiro atoms. The lowest BCUT2D eigenvalue weighted by molar-refractivity contribution is -0.132. The second-order valence-electron chi connectivity index (χ2n) is 4.75. The summed E-state index contributed by atoms with van der Waals surface area (Å²) >= 11 is 26.3. The molecule has 4 nitrogen and oxygen atoms in total. The lowest BCUT2D eigenvalue weighted by Gasteiger charge is -2.13. The van der Waals surface area contributed by atoms with Crippen molar-refractivity contribution in [2.75, 3.05) is 11.8 Å². The minimum atomic E-state index is -0.538. The molecule has 0 aromatic heterocycles. The predicted octanol–water partition coefficient (Wildman–Crippen LogP) is 7.18. The average Bonchev–Trinajstić information content (AvgIpc) is 2.59. The smallest absolute Gasteiger partial charge is 0.326 e. The third-order valence-electron chi connectivity index (χ3n) is 2.83. The van der Waals surface area contributed by atoms with Gasteiger partial charge in [-0.1, -0.05) is 11.8 Å². The standard InChI is InChI=1S/C16H8Br4Cl2O4S/c17-9-1-7(25-13(23)5-21)2-10(18)15(9)27-16-11(19)3-8(4-12(16)20)26-14(24)6-22/h1-4H,5-6H2. The highest BCUT2D eigenvalue weighted by Gasteiger charge is 2.17. The second-order valence-corrected chi connectivity index (χ2v) is 9.72. The predicted molar refractivity (Wildman–Crippen MR) is 121 cm³/mol. The highest BCUT2D eigenvalue weighted by Crippen LogP contribution is 2.47. The molecular weight excluding hydrogens is 679 g/mol. The van der Waals surface area contributed by atoms with Gasteiger partial charge in [-0.2, -0.15) is 0 Å². The van der Waals surface area contributed by atoms with E-state index in [9.17, 15) is 9.59 Å². The van der Waals surface area contributed by atoms with E-state index in [0.717, 1.165) is 27.7 Å². The molecule has 0 aliphatic rings. The fourth-order valence-electron chi connectivity index (χ4n) is 1.81. The summed E-state index contributed by atoms with van der Waals surface area (Å²) < 4.78 is 13.1. The van der Waals surface area contributed by atoms with Crippen LogP contribution in [-0.2, 0) is 9.59 Å². The van der Waals surface area contributed by atoms with Gasteiger partial charge in [0.1, 0.15) is 23.3 Å². The van der Waals surface area contributed by atoms with Gasteiger partial charge in [0.25, 0.3) is 0 Å². The summed E-state index contributed by atoms with van der Waals surface area (Å²) in [5.41, 5.74) is 0. The zero-order valence-electron chi connectivity index (χ0n) is 13.0. The van der Waals surface area contributed by atoms with Crippen LogP contribution in [0.3, 0.4) is 0 Å². The molecular formula is C16H8Br4Cl2O4S. The van der Waals surface area contributed by atoms with Crippen molar-refractivity contribution < 1.29 is 19.1 Å². The van der Waals surface area contributed by atoms with Crippen molar-refractivity contribution in [1.82, 2.24) is 0 Å². The van der Waals surface area contributed by atoms with Gasteiger partial charge >= 0.3 is 11.9 Å². The van der Waals surface area contributed by atoms with E-state index in [1.165, 1.54) is 11.8 Å². The number of rotatable bonds is 6. The van der Waals surface area contributed by atoms with E-state index in [1.54, 1.807) is 24.3 Å². The van der Waals surface area contributed by atoms with Crippen LogP contribution in [-0.4, -0.2) is 23.7 Å². The maximum Gasteiger partial charge on any atom is 0.326 e. The van der Waals surface area contributed by atoms with Crippen LogP contribution >= 0.6 is 98.7 Å². The monoisotopic (exact) mass is 682 g/mol. The van der Waals surface area contributed by atoms with Crippen molar-refractivity contribution in [3.8, 4) is 11.5 Å². The van der Waals surface area contributed by atoms with E-state index in [4.69, 9.17) is 32.7 Å². The highest BCUT2D eigenvalue weighted by molar-refractivity contribution is 9.11. The Morgan fingerprint density at radius 3 is 1.30 bits per heavy atom. The highest BCUT2D eigenvalue weighted by atomic mass is 79.9. The van der Waals surface area contributed by atoms with Gasteiger partial charge in [-0.25, -0.2) is 0 Å². The van der Waals surface area contributed by atoms with E-state index >= 15 is 0 Å². The van der Waals surface area contributed by atoms with E-state index in [2.05, 4.69) is 63.7 Å². The molecule has 0 aliphatic heterocycles. The average molecular weight is 687 g/mol. The molecule has 0 fully saturated rings. The second kappa shape index (κ2) is 10.8. The Morgan fingerprint density at radius 1 is 0.741 bits per heavy atom. The van der Waals surface area contributed by atoms with E-state index in [0.29, 0.717) is 11.5 Å². The van der Waals surface area contributed by atoms with E-state index < -0.39 is 11.9 Å². The molecule has 0 unspecified atom stereocenters. The summed E-state index contributed by atoms with van der Waals surface area (Å²) in [4.78, 5) is 24.4. The molecule has 27 heavy (non-hydrogen) atoms. The molecule has 2 aromatic carbocycles. The van der Waals surface area contributed by atoms with Crippen LogP contribution in [0.1, 0.15) is 0 Å². The number of hydrogen-bond donors (Lipinski definition) is 0. The molecule has 144 valence electrons. The van der Waals surface area contributed by atoms with Crippen molar-refractivity contribution in [1.29, 1.82) is 0 Å². The fourth-order valence-corrected chi connectivity index (χ4v) is 6.00. The molecule has 0 amide bonds. The molecule has 11 heteroatoms. The Bertz CT molecular complexity index is 777. The fraction of sp³-hybridized carbons (Fsp3) is 0.125. The normalized spacial score (nSPS) is 10.6. The summed E-state index contributed by atoms with van der Waals surface area (Å²) in [6.07, 6.45) is 0. The number of carbonyl (C=O) groups excluding carboxylic acids is 2. The zero-order valence-corrected chi connectivity index (χ0v) is 21.7. The van der Waals surface area contributed by atoms with E-state index in [1.807, 2.05) is 0 Å². The number of ether oxygens (including phenoxy) is 2. The molecule has 0 saturated carbocycles. The maximum atomic E-state index is 11.4. The van der Waals surface area contributed by atoms with Crippen LogP contribution in [0.2, 0.25) is 0 Å². The number of halogens is 6. The van der Waals surface area contributed by atoms with Gasteiger partial charge in [-0.15, -0.1) is 23.2 Å². The summed E-state index contributed by atoms with van der Waals surface area (Å²) in [5.74, 6) is -0.805. The molecule has 2 aromatic rings. The SMILES string of the molecule is O=C(CCl)Oc1cc(Br)c(Sc2c(Br)cc(OC(=O)CCl)cc2Br)c(Br)c1. The minimum absolute atomic E-state index is 0.230. The Labute approximate surface area is 203 Å². The van der Waals surface area contributed by atoms with E-state index in [-0.39, 0.29) is 11.8 Å². The molecule has 2 rings (SSSR count). The van der Waals surface area contributed by atoms with Gasteiger partial charge in [-0.05, 0) is 88.0 Å². The number of hydrogen-bond acceptors (Lipinski definition) is 5. The first-order valence-electron chi connectivity index (χ1n) is 6.94. The van der Waals surface area contributed by atoms with Crippen LogP contribution in [0.5, 0.6) is 11.5 Å². The van der Waals surface area contributed by atoms with Crippen LogP contribution in [0.15, 0.2) is 51.9 Å². The van der Waals surface area contributed by atoms with Gasteiger partial charge < -0.3 is 9.47 Å². The lowest BCUT2D eigenvalue weighted by atomic mass is 10.3. The van der Waals surface area contributed by atoms with Crippen molar-refractivity contribution in [2.45, 2.75) is 9.79 Å². The molecule has 0 saturated heterocycles. The topological polar surface area (TPSA) is 52.6 Å². The van der Waals surface area contributed by atoms with Crippen LogP contribution < -0.4 is 9.47 Å². The quantitative estimate of drug-likeness (QED) is 0.183. The van der Waals surface area contributed by atoms with Crippen LogP contribution in [0.25, 0.3) is 0 Å². The Hall–Kier alpha value is 0.230. The first-order chi connectivity index (χ1) is 12.7. The van der Waals surface area contributed by atoms with Gasteiger partial charge in [-0.3, -0.25) is 9.59 Å². The molecule has 0 radical (unpaired) electrons. The van der Waals surface area contributed by atoms with Crippen molar-refractivity contribution in [3.63, 3.8) is 0 Å². The third kappa shape index (κ3) is 6.62. The molecule has 0 bridgehead atoms. The Morgan fingerprint density at radius 2 is 1.04 bits per heavy atom. The third-order valence-corrected chi connectivity index (χ3v) is 8.11. The number of carbonyl (C=O) groups is 2. The summed E-state index contributed by atoms with van der Waals surface area (Å²) in [6.45, 7) is 0. The molecule has 0 heterocycles. The number of benzene rings is 2. The number of alkyl halides is 2. The van der Waals surface area contributed by atoms with Crippen molar-refractivity contribution in [3.05, 3.63) is 42.2 Å². The van der Waals surface area contributed by atoms with Gasteiger partial charge in [0.05, 0.1) is 0 Å². The maximum absolute atomic E-state index is 11.4. The van der Waals surface area contributed by atoms with Gasteiger partial charge in [0.2, 0.25) is 0 Å². The Balaban J connectivity index is 2.31. The largest absolute Gasteiger partial charge is 0.426 e. The lowest BCUT2D eigenvalue weighted by Crippen LogP contribution is -2.09. The van der Waals surface area contributed by atoms with Crippen LogP contribution in [0.4, 0.5) is 0 Å². The summed E-state index contributed by atoms with van der Waals surface area (Å²) in [7, 11) is 0. The first-order valence-corrected chi connectivity index (χ1v) is 12.0. The van der Waals surface area contributed by atoms with Crippen molar-refractivity contribution in [2.24, 2.45) is 0 Å². The zero-order chi connectivity index (χ0) is 20.1. The minimum Gasteiger partial charge on any atom is -0.426 e. The summed E-state index contributed by atoms with van der Waals surface area (Å²) in [5, 5.41) is 0. The summed E-state index contributed by atoms with van der Waals surface area (Å²) in [6, 6.07) is 6.71. The molecule has 0 atom stereocenters.